The summed E-state index contributed by atoms with van der Waals surface area (Å²) in [6, 6.07) is -0.541. The van der Waals surface area contributed by atoms with Crippen molar-refractivity contribution >= 4 is 12.1 Å². The van der Waals surface area contributed by atoms with E-state index in [-0.39, 0.29) is 31.8 Å². The topological polar surface area (TPSA) is 127 Å². The first-order valence-corrected chi connectivity index (χ1v) is 26.8. The Bertz CT molecular complexity index is 971. The molecule has 0 aliphatic heterocycles. The Morgan fingerprint density at radius 3 is 1.54 bits per heavy atom. The molecule has 63 heavy (non-hydrogen) atoms. The highest BCUT2D eigenvalue weighted by atomic mass is 16.6. The van der Waals surface area contributed by atoms with Crippen molar-refractivity contribution < 1.29 is 38.7 Å². The fourth-order valence-corrected chi connectivity index (χ4v) is 8.05. The lowest BCUT2D eigenvalue weighted by Crippen LogP contribution is -2.44. The number of ether oxygens (including phenoxy) is 4. The highest BCUT2D eigenvalue weighted by Crippen LogP contribution is 2.15. The Hall–Kier alpha value is -1.72. The molecule has 0 bridgehead atoms. The monoisotopic (exact) mass is 897 g/mol. The quantitative estimate of drug-likeness (QED) is 0.0311. The Morgan fingerprint density at radius 2 is 1.05 bits per heavy atom. The van der Waals surface area contributed by atoms with Crippen LogP contribution in [0.25, 0.3) is 0 Å². The lowest BCUT2D eigenvalue weighted by molar-refractivity contribution is -0.150. The first-order valence-electron chi connectivity index (χ1n) is 26.8. The molecule has 0 saturated heterocycles. The third-order valence-electron chi connectivity index (χ3n) is 12.2. The number of rotatable bonds is 51. The van der Waals surface area contributed by atoms with Crippen LogP contribution in [0.5, 0.6) is 0 Å². The molecule has 0 saturated carbocycles. The van der Waals surface area contributed by atoms with E-state index in [1.165, 1.54) is 161 Å². The molecule has 0 radical (unpaired) electrons. The number of hydrogen-bond donors (Lipinski definition) is 3. The summed E-state index contributed by atoms with van der Waals surface area (Å²) in [6.45, 7) is 10.8. The number of aliphatic hydroxyl groups is 2. The Labute approximate surface area is 389 Å². The molecule has 0 aromatic rings. The Kier molecular flexibility index (Phi) is 48.4. The van der Waals surface area contributed by atoms with Gasteiger partial charge in [0.15, 0.2) is 0 Å². The molecule has 0 spiro atoms. The highest BCUT2D eigenvalue weighted by molar-refractivity contribution is 5.75. The molecule has 0 fully saturated rings. The summed E-state index contributed by atoms with van der Waals surface area (Å²) in [7, 11) is 1.77. The molecule has 374 valence electrons. The number of allylic oxidation sites excluding steroid dienone is 1. The largest absolute Gasteiger partial charge is 0.465 e. The first kappa shape index (κ1) is 61.3. The molecule has 10 nitrogen and oxygen atoms in total. The molecule has 0 aromatic heterocycles. The van der Waals surface area contributed by atoms with Gasteiger partial charge >= 0.3 is 12.1 Å². The minimum Gasteiger partial charge on any atom is -0.465 e. The number of nitrogens with one attached hydrogen (secondary N) is 1. The molecule has 0 aliphatic carbocycles. The van der Waals surface area contributed by atoms with Gasteiger partial charge in [0.05, 0.1) is 25.9 Å². The van der Waals surface area contributed by atoms with E-state index in [2.05, 4.69) is 25.7 Å². The van der Waals surface area contributed by atoms with E-state index >= 15 is 0 Å². The fourth-order valence-electron chi connectivity index (χ4n) is 8.05. The molecule has 3 N–H and O–H groups in total. The number of esters is 1. The summed E-state index contributed by atoms with van der Waals surface area (Å²) >= 11 is 0. The number of hydrogen-bond acceptors (Lipinski definition) is 9. The van der Waals surface area contributed by atoms with Gasteiger partial charge in [-0.2, -0.15) is 0 Å². The minimum atomic E-state index is -0.940. The highest BCUT2D eigenvalue weighted by Gasteiger charge is 2.26. The van der Waals surface area contributed by atoms with Crippen molar-refractivity contribution in [2.24, 2.45) is 0 Å². The van der Waals surface area contributed by atoms with E-state index in [0.717, 1.165) is 44.9 Å². The molecule has 3 atom stereocenters. The van der Waals surface area contributed by atoms with E-state index in [4.69, 9.17) is 18.9 Å². The van der Waals surface area contributed by atoms with E-state index in [1.807, 2.05) is 6.08 Å². The third kappa shape index (κ3) is 43.9. The van der Waals surface area contributed by atoms with Crippen LogP contribution in [0, 0.1) is 0 Å². The second kappa shape index (κ2) is 49.7. The van der Waals surface area contributed by atoms with E-state index in [9.17, 15) is 19.8 Å². The van der Waals surface area contributed by atoms with Crippen LogP contribution in [0.3, 0.4) is 0 Å². The summed E-state index contributed by atoms with van der Waals surface area (Å²) < 4.78 is 23.5. The average Bonchev–Trinajstić information content (AvgIpc) is 3.28. The van der Waals surface area contributed by atoms with Crippen molar-refractivity contribution in [3.63, 3.8) is 0 Å². The van der Waals surface area contributed by atoms with Crippen molar-refractivity contribution in [3.8, 4) is 0 Å². The number of carbonyl (C=O) groups is 2. The van der Waals surface area contributed by atoms with Gasteiger partial charge in [-0.25, -0.2) is 4.79 Å². The number of alkyl carbamates (subject to hydrolysis) is 1. The maximum Gasteiger partial charge on any atom is 0.407 e. The Morgan fingerprint density at radius 1 is 0.587 bits per heavy atom. The van der Waals surface area contributed by atoms with Crippen LogP contribution < -0.4 is 5.32 Å². The van der Waals surface area contributed by atoms with Gasteiger partial charge in [0.2, 0.25) is 0 Å². The van der Waals surface area contributed by atoms with Gasteiger partial charge in [-0.3, -0.25) is 9.69 Å². The number of amides is 1. The van der Waals surface area contributed by atoms with Crippen LogP contribution in [-0.4, -0.2) is 105 Å². The van der Waals surface area contributed by atoms with Crippen LogP contribution >= 0.6 is 0 Å². The predicted molar refractivity (Wildman–Crippen MR) is 264 cm³/mol. The molecule has 3 unspecified atom stereocenters. The first-order chi connectivity index (χ1) is 30.9. The predicted octanol–water partition coefficient (Wildman–Crippen LogP) is 13.2. The number of unbranched alkanes of at least 4 members (excludes halogenated alkanes) is 30. The van der Waals surface area contributed by atoms with Crippen molar-refractivity contribution in [2.45, 2.75) is 257 Å². The van der Waals surface area contributed by atoms with E-state index < -0.39 is 18.2 Å². The zero-order chi connectivity index (χ0) is 46.1. The normalized spacial score (nSPS) is 13.0. The number of likely N-dealkylation sites (N-methyl/N-ethyl adjacent to an activating group) is 1. The smallest absolute Gasteiger partial charge is 0.407 e. The Balaban J connectivity index is 4.61. The molecular formula is C53H104N2O8. The zero-order valence-electron chi connectivity index (χ0n) is 41.7. The average molecular weight is 897 g/mol. The van der Waals surface area contributed by atoms with Gasteiger partial charge in [0, 0.05) is 26.3 Å². The van der Waals surface area contributed by atoms with Gasteiger partial charge in [0.25, 0.3) is 0 Å². The van der Waals surface area contributed by atoms with E-state index in [1.54, 1.807) is 11.9 Å². The van der Waals surface area contributed by atoms with Gasteiger partial charge in [-0.05, 0) is 58.4 Å². The van der Waals surface area contributed by atoms with Crippen molar-refractivity contribution in [3.05, 3.63) is 12.7 Å². The van der Waals surface area contributed by atoms with Gasteiger partial charge in [-0.1, -0.05) is 193 Å². The third-order valence-corrected chi connectivity index (χ3v) is 12.2. The van der Waals surface area contributed by atoms with Gasteiger partial charge < -0.3 is 34.5 Å². The number of aliphatic hydroxyl groups excluding tert-OH is 2. The van der Waals surface area contributed by atoms with Crippen molar-refractivity contribution in [1.82, 2.24) is 10.2 Å². The summed E-state index contributed by atoms with van der Waals surface area (Å²) in [5.74, 6) is -0.310. The summed E-state index contributed by atoms with van der Waals surface area (Å²) in [4.78, 5) is 27.6. The molecule has 10 heteroatoms. The summed E-state index contributed by atoms with van der Waals surface area (Å²) in [5.41, 5.74) is 0. The lowest BCUT2D eigenvalue weighted by atomic mass is 10.1. The van der Waals surface area contributed by atoms with Gasteiger partial charge in [0.1, 0.15) is 18.8 Å². The minimum absolute atomic E-state index is 0.143. The molecule has 1 amide bonds. The second-order valence-electron chi connectivity index (χ2n) is 18.4. The molecule has 0 rings (SSSR count). The van der Waals surface area contributed by atoms with Crippen LogP contribution in [0.1, 0.15) is 239 Å². The summed E-state index contributed by atoms with van der Waals surface area (Å²) in [6.07, 6.45) is 42.3. The molecule has 0 heterocycles. The molecule has 0 aliphatic rings. The maximum atomic E-state index is 13.1. The lowest BCUT2D eigenvalue weighted by Gasteiger charge is -2.28. The van der Waals surface area contributed by atoms with Crippen LogP contribution in [0.15, 0.2) is 12.7 Å². The van der Waals surface area contributed by atoms with Crippen LogP contribution in [-0.2, 0) is 23.7 Å². The standard InChI is InChI=1S/C53H104N2O8/c1-5-8-11-14-17-20-22-24-27-29-32-37-42-60-47-50(61-43-38-33-30-28-25-23-21-18-15-12-9-6-2)48-63-53(59)54-41-36-35-40-51(55(4)45-49(57)46-56)52(58)62-44-39-34-31-26-19-16-13-10-7-3/h7,49-51,56-57H,3,5-6,8-48H2,1-2,4H3,(H,54,59). The summed E-state index contributed by atoms with van der Waals surface area (Å²) in [5, 5.41) is 22.3. The fraction of sp³-hybridized carbons (Fsp3) is 0.925. The van der Waals surface area contributed by atoms with Crippen molar-refractivity contribution in [2.75, 3.05) is 59.8 Å². The SMILES string of the molecule is C=CCCCCCCCCCOC(=O)C(CCCCNC(=O)OCC(COCCCCCCCCCCCCCC)OCCCCCCCCCCCCCC)N(C)CC(O)CO. The number of carbonyl (C=O) groups excluding carboxylic acids is 2. The number of nitrogens with zero attached hydrogens (tertiary/aromatic N) is 1. The van der Waals surface area contributed by atoms with Crippen molar-refractivity contribution in [1.29, 1.82) is 0 Å². The van der Waals surface area contributed by atoms with Crippen LogP contribution in [0.2, 0.25) is 0 Å². The molecule has 0 aromatic carbocycles. The molecular weight excluding hydrogens is 793 g/mol. The van der Waals surface area contributed by atoms with E-state index in [0.29, 0.717) is 52.2 Å². The zero-order valence-corrected chi connectivity index (χ0v) is 41.7. The van der Waals surface area contributed by atoms with Crippen LogP contribution in [0.4, 0.5) is 4.79 Å². The second-order valence-corrected chi connectivity index (χ2v) is 18.4. The van der Waals surface area contributed by atoms with Gasteiger partial charge in [-0.15, -0.1) is 6.58 Å². The maximum absolute atomic E-state index is 13.1.